The molecule has 0 bridgehead atoms. The van der Waals surface area contributed by atoms with Crippen LogP contribution in [0.2, 0.25) is 0 Å². The maximum atomic E-state index is 12.8. The first kappa shape index (κ1) is 20.2. The van der Waals surface area contributed by atoms with Gasteiger partial charge in [-0.1, -0.05) is 48.0 Å². The minimum atomic E-state index is -3.56. The number of piperazine rings is 1. The number of rotatable bonds is 4. The number of carbonyl (C=O) groups is 1. The minimum absolute atomic E-state index is 0.193. The molecule has 2 heterocycles. The molecular formula is C22H22N4O3S. The summed E-state index contributed by atoms with van der Waals surface area (Å²) in [5.74, 6) is 0.364. The number of benzene rings is 2. The van der Waals surface area contributed by atoms with Gasteiger partial charge in [-0.05, 0) is 19.1 Å². The Bertz CT molecular complexity index is 1120. The Morgan fingerprint density at radius 2 is 1.47 bits per heavy atom. The lowest BCUT2D eigenvalue weighted by atomic mass is 10.2. The van der Waals surface area contributed by atoms with E-state index in [9.17, 15) is 13.2 Å². The van der Waals surface area contributed by atoms with E-state index in [1.807, 2.05) is 37.3 Å². The van der Waals surface area contributed by atoms with Gasteiger partial charge in [0, 0.05) is 44.1 Å². The molecule has 0 N–H and O–H groups in total. The van der Waals surface area contributed by atoms with Crippen molar-refractivity contribution in [3.8, 4) is 11.4 Å². The molecule has 0 saturated carbocycles. The fourth-order valence-corrected chi connectivity index (χ4v) is 4.77. The molecule has 1 aliphatic rings. The summed E-state index contributed by atoms with van der Waals surface area (Å²) in [5, 5.41) is 0. The number of carbonyl (C=O) groups excluding carboxylic acids is 1. The van der Waals surface area contributed by atoms with Crippen LogP contribution in [0, 0.1) is 6.92 Å². The molecule has 154 valence electrons. The highest BCUT2D eigenvalue weighted by atomic mass is 32.2. The lowest BCUT2D eigenvalue weighted by Gasteiger charge is -2.34. The fourth-order valence-electron chi connectivity index (χ4n) is 3.35. The molecule has 30 heavy (non-hydrogen) atoms. The molecule has 7 nitrogen and oxygen atoms in total. The highest BCUT2D eigenvalue weighted by molar-refractivity contribution is 7.89. The summed E-state index contributed by atoms with van der Waals surface area (Å²) >= 11 is 0. The van der Waals surface area contributed by atoms with Crippen LogP contribution < -0.4 is 0 Å². The third kappa shape index (κ3) is 4.10. The molecule has 0 radical (unpaired) electrons. The van der Waals surface area contributed by atoms with Crippen molar-refractivity contribution < 1.29 is 13.2 Å². The summed E-state index contributed by atoms with van der Waals surface area (Å²) in [6.45, 7) is 3.07. The number of amides is 1. The lowest BCUT2D eigenvalue weighted by Crippen LogP contribution is -2.50. The summed E-state index contributed by atoms with van der Waals surface area (Å²) in [4.78, 5) is 23.3. The summed E-state index contributed by atoms with van der Waals surface area (Å²) in [7, 11) is -3.56. The van der Waals surface area contributed by atoms with Gasteiger partial charge >= 0.3 is 0 Å². The van der Waals surface area contributed by atoms with Gasteiger partial charge < -0.3 is 4.90 Å². The summed E-state index contributed by atoms with van der Waals surface area (Å²) in [5.41, 5.74) is 2.28. The molecule has 1 fully saturated rings. The first-order chi connectivity index (χ1) is 14.4. The SMILES string of the molecule is Cc1ccc(S(=O)(=O)N2CCN(C(=O)c3cnc(-c4ccccc4)nc3)CC2)cc1. The summed E-state index contributed by atoms with van der Waals surface area (Å²) in [6.07, 6.45) is 3.04. The largest absolute Gasteiger partial charge is 0.336 e. The van der Waals surface area contributed by atoms with Crippen LogP contribution in [-0.4, -0.2) is 59.7 Å². The van der Waals surface area contributed by atoms with Gasteiger partial charge in [-0.2, -0.15) is 4.31 Å². The van der Waals surface area contributed by atoms with Crippen molar-refractivity contribution in [2.45, 2.75) is 11.8 Å². The van der Waals surface area contributed by atoms with E-state index in [0.29, 0.717) is 24.5 Å². The molecule has 2 aromatic carbocycles. The van der Waals surface area contributed by atoms with E-state index in [2.05, 4.69) is 9.97 Å². The monoisotopic (exact) mass is 422 g/mol. The van der Waals surface area contributed by atoms with Crippen molar-refractivity contribution >= 4 is 15.9 Å². The van der Waals surface area contributed by atoms with Crippen molar-refractivity contribution in [3.63, 3.8) is 0 Å². The second-order valence-corrected chi connectivity index (χ2v) is 9.11. The zero-order valence-corrected chi connectivity index (χ0v) is 17.4. The molecule has 1 amide bonds. The Morgan fingerprint density at radius 3 is 2.07 bits per heavy atom. The highest BCUT2D eigenvalue weighted by Crippen LogP contribution is 2.19. The van der Waals surface area contributed by atoms with Crippen LogP contribution in [0.1, 0.15) is 15.9 Å². The van der Waals surface area contributed by atoms with Gasteiger partial charge in [0.15, 0.2) is 5.82 Å². The summed E-state index contributed by atoms with van der Waals surface area (Å²) in [6, 6.07) is 16.3. The lowest BCUT2D eigenvalue weighted by molar-refractivity contribution is 0.0697. The van der Waals surface area contributed by atoms with Crippen molar-refractivity contribution in [1.29, 1.82) is 0 Å². The van der Waals surface area contributed by atoms with Gasteiger partial charge in [0.05, 0.1) is 10.5 Å². The van der Waals surface area contributed by atoms with Crippen LogP contribution in [0.3, 0.4) is 0 Å². The van der Waals surface area contributed by atoms with Gasteiger partial charge in [0.1, 0.15) is 0 Å². The van der Waals surface area contributed by atoms with E-state index in [1.54, 1.807) is 29.2 Å². The predicted octanol–water partition coefficient (Wildman–Crippen LogP) is 2.60. The van der Waals surface area contributed by atoms with Gasteiger partial charge in [-0.15, -0.1) is 0 Å². The van der Waals surface area contributed by atoms with Crippen LogP contribution in [0.15, 0.2) is 71.9 Å². The average molecular weight is 423 g/mol. The van der Waals surface area contributed by atoms with E-state index in [1.165, 1.54) is 16.7 Å². The second-order valence-electron chi connectivity index (χ2n) is 7.17. The Labute approximate surface area is 176 Å². The molecule has 1 aromatic heterocycles. The topological polar surface area (TPSA) is 83.5 Å². The number of aryl methyl sites for hydroxylation is 1. The smallest absolute Gasteiger partial charge is 0.257 e. The fraction of sp³-hybridized carbons (Fsp3) is 0.227. The Kier molecular flexibility index (Phi) is 5.61. The van der Waals surface area contributed by atoms with Gasteiger partial charge in [0.25, 0.3) is 5.91 Å². The molecule has 1 aliphatic heterocycles. The standard InChI is InChI=1S/C22H22N4O3S/c1-17-7-9-20(10-8-17)30(28,29)26-13-11-25(12-14-26)22(27)19-15-23-21(24-16-19)18-5-3-2-4-6-18/h2-10,15-16H,11-14H2,1H3. The zero-order valence-electron chi connectivity index (χ0n) is 16.6. The first-order valence-corrected chi connectivity index (χ1v) is 11.1. The van der Waals surface area contributed by atoms with Crippen LogP contribution in [0.4, 0.5) is 0 Å². The summed E-state index contributed by atoms with van der Waals surface area (Å²) < 4.78 is 27.1. The quantitative estimate of drug-likeness (QED) is 0.645. The molecule has 4 rings (SSSR count). The Morgan fingerprint density at radius 1 is 0.867 bits per heavy atom. The maximum absolute atomic E-state index is 12.8. The molecular weight excluding hydrogens is 400 g/mol. The number of nitrogens with zero attached hydrogens (tertiary/aromatic N) is 4. The second kappa shape index (κ2) is 8.33. The Balaban J connectivity index is 1.41. The predicted molar refractivity (Wildman–Crippen MR) is 113 cm³/mol. The van der Waals surface area contributed by atoms with E-state index in [-0.39, 0.29) is 23.9 Å². The van der Waals surface area contributed by atoms with Gasteiger partial charge in [0.2, 0.25) is 10.0 Å². The van der Waals surface area contributed by atoms with Crippen LogP contribution in [0.25, 0.3) is 11.4 Å². The number of hydrogen-bond donors (Lipinski definition) is 0. The van der Waals surface area contributed by atoms with Crippen LogP contribution in [0.5, 0.6) is 0 Å². The molecule has 0 unspecified atom stereocenters. The van der Waals surface area contributed by atoms with Gasteiger partial charge in [-0.3, -0.25) is 4.79 Å². The van der Waals surface area contributed by atoms with Crippen molar-refractivity contribution in [2.24, 2.45) is 0 Å². The van der Waals surface area contributed by atoms with E-state index in [0.717, 1.165) is 11.1 Å². The number of aromatic nitrogens is 2. The zero-order chi connectivity index (χ0) is 21.1. The molecule has 8 heteroatoms. The third-order valence-corrected chi connectivity index (χ3v) is 7.03. The molecule has 3 aromatic rings. The molecule has 0 atom stereocenters. The molecule has 0 aliphatic carbocycles. The normalized spacial score (nSPS) is 15.2. The van der Waals surface area contributed by atoms with Crippen molar-refractivity contribution in [3.05, 3.63) is 78.1 Å². The van der Waals surface area contributed by atoms with Crippen molar-refractivity contribution in [2.75, 3.05) is 26.2 Å². The molecule has 1 saturated heterocycles. The van der Waals surface area contributed by atoms with Crippen molar-refractivity contribution in [1.82, 2.24) is 19.2 Å². The highest BCUT2D eigenvalue weighted by Gasteiger charge is 2.30. The average Bonchev–Trinajstić information content (AvgIpc) is 2.80. The number of hydrogen-bond acceptors (Lipinski definition) is 5. The third-order valence-electron chi connectivity index (χ3n) is 5.12. The first-order valence-electron chi connectivity index (χ1n) is 9.69. The van der Waals surface area contributed by atoms with Crippen LogP contribution >= 0.6 is 0 Å². The number of sulfonamides is 1. The molecule has 0 spiro atoms. The minimum Gasteiger partial charge on any atom is -0.336 e. The van der Waals surface area contributed by atoms with E-state index >= 15 is 0 Å². The maximum Gasteiger partial charge on any atom is 0.257 e. The Hall–Kier alpha value is -3.10. The van der Waals surface area contributed by atoms with E-state index in [4.69, 9.17) is 0 Å². The van der Waals surface area contributed by atoms with Crippen LogP contribution in [-0.2, 0) is 10.0 Å². The van der Waals surface area contributed by atoms with E-state index < -0.39 is 10.0 Å². The van der Waals surface area contributed by atoms with Gasteiger partial charge in [-0.25, -0.2) is 18.4 Å².